The van der Waals surface area contributed by atoms with Crippen molar-refractivity contribution in [1.29, 1.82) is 0 Å². The first-order chi connectivity index (χ1) is 5.25. The molecule has 1 unspecified atom stereocenters. The first-order valence-electron chi connectivity index (χ1n) is 3.96. The van der Waals surface area contributed by atoms with Crippen molar-refractivity contribution in [1.82, 2.24) is 5.06 Å². The van der Waals surface area contributed by atoms with Crippen LogP contribution in [0.2, 0.25) is 0 Å². The highest BCUT2D eigenvalue weighted by Gasteiger charge is 2.26. The number of hydroxylamine groups is 2. The van der Waals surface area contributed by atoms with E-state index in [-0.39, 0.29) is 11.6 Å². The SMILES string of the molecule is CC(C)N(OP(N)O)C(C)(C)C. The number of nitrogens with two attached hydrogens (primary N) is 1. The summed E-state index contributed by atoms with van der Waals surface area (Å²) in [5.41, 5.74) is 5.04. The fraction of sp³-hybridized carbons (Fsp3) is 1.00. The van der Waals surface area contributed by atoms with Gasteiger partial charge in [-0.3, -0.25) is 5.50 Å². The van der Waals surface area contributed by atoms with E-state index in [2.05, 4.69) is 0 Å². The average Bonchev–Trinajstić information content (AvgIpc) is 1.79. The zero-order valence-electron chi connectivity index (χ0n) is 8.40. The Morgan fingerprint density at radius 2 is 1.83 bits per heavy atom. The van der Waals surface area contributed by atoms with Gasteiger partial charge in [0.2, 0.25) is 0 Å². The average molecular weight is 194 g/mol. The van der Waals surface area contributed by atoms with Gasteiger partial charge in [-0.05, 0) is 34.6 Å². The van der Waals surface area contributed by atoms with Crippen LogP contribution < -0.4 is 5.50 Å². The van der Waals surface area contributed by atoms with Crippen molar-refractivity contribution < 1.29 is 9.52 Å². The summed E-state index contributed by atoms with van der Waals surface area (Å²) >= 11 is 0. The van der Waals surface area contributed by atoms with Crippen molar-refractivity contribution in [3.63, 3.8) is 0 Å². The fourth-order valence-electron chi connectivity index (χ4n) is 1.08. The van der Waals surface area contributed by atoms with Gasteiger partial charge in [-0.15, -0.1) is 0 Å². The fourth-order valence-corrected chi connectivity index (χ4v) is 1.70. The maximum Gasteiger partial charge on any atom is 0.268 e. The Labute approximate surface area is 75.6 Å². The molecule has 12 heavy (non-hydrogen) atoms. The Hall–Kier alpha value is 0.270. The van der Waals surface area contributed by atoms with E-state index in [1.165, 1.54) is 0 Å². The van der Waals surface area contributed by atoms with Crippen molar-refractivity contribution in [3.05, 3.63) is 0 Å². The maximum atomic E-state index is 8.91. The molecule has 0 saturated carbocycles. The van der Waals surface area contributed by atoms with Gasteiger partial charge in [0.15, 0.2) is 0 Å². The second-order valence-corrected chi connectivity index (χ2v) is 4.74. The predicted octanol–water partition coefficient (Wildman–Crippen LogP) is 1.60. The molecule has 0 aliphatic carbocycles. The molecule has 0 radical (unpaired) electrons. The van der Waals surface area contributed by atoms with E-state index >= 15 is 0 Å². The highest BCUT2D eigenvalue weighted by atomic mass is 31.2. The van der Waals surface area contributed by atoms with Crippen LogP contribution in [-0.4, -0.2) is 21.5 Å². The Morgan fingerprint density at radius 1 is 1.42 bits per heavy atom. The van der Waals surface area contributed by atoms with Crippen molar-refractivity contribution in [2.75, 3.05) is 0 Å². The zero-order chi connectivity index (χ0) is 9.94. The Balaban J connectivity index is 4.25. The molecule has 0 aromatic carbocycles. The monoisotopic (exact) mass is 194 g/mol. The van der Waals surface area contributed by atoms with Crippen LogP contribution in [0.3, 0.4) is 0 Å². The number of hydrogen-bond acceptors (Lipinski definition) is 4. The third-order valence-electron chi connectivity index (χ3n) is 1.30. The van der Waals surface area contributed by atoms with E-state index in [1.807, 2.05) is 34.6 Å². The van der Waals surface area contributed by atoms with Gasteiger partial charge in [0, 0.05) is 11.6 Å². The third kappa shape index (κ3) is 4.33. The first kappa shape index (κ1) is 12.3. The van der Waals surface area contributed by atoms with Gasteiger partial charge < -0.3 is 4.89 Å². The highest BCUT2D eigenvalue weighted by Crippen LogP contribution is 2.29. The molecule has 0 rings (SSSR count). The van der Waals surface area contributed by atoms with Crippen molar-refractivity contribution in [2.24, 2.45) is 5.50 Å². The molecule has 0 saturated heterocycles. The molecule has 0 bridgehead atoms. The van der Waals surface area contributed by atoms with Crippen molar-refractivity contribution in [2.45, 2.75) is 46.2 Å². The first-order valence-corrected chi connectivity index (χ1v) is 5.24. The smallest absolute Gasteiger partial charge is 0.268 e. The molecule has 0 fully saturated rings. The minimum atomic E-state index is -1.81. The van der Waals surface area contributed by atoms with Crippen LogP contribution in [0.1, 0.15) is 34.6 Å². The van der Waals surface area contributed by atoms with E-state index in [4.69, 9.17) is 15.0 Å². The molecule has 1 atom stereocenters. The molecule has 0 spiro atoms. The molecule has 3 N–H and O–H groups in total. The molecule has 0 aliphatic rings. The molecule has 5 heteroatoms. The van der Waals surface area contributed by atoms with E-state index in [9.17, 15) is 0 Å². The Morgan fingerprint density at radius 3 is 1.92 bits per heavy atom. The van der Waals surface area contributed by atoms with Crippen molar-refractivity contribution >= 4 is 8.53 Å². The molecular formula is C7H19N2O2P. The van der Waals surface area contributed by atoms with Gasteiger partial charge in [0.1, 0.15) is 0 Å². The third-order valence-corrected chi connectivity index (χ3v) is 1.65. The highest BCUT2D eigenvalue weighted by molar-refractivity contribution is 7.43. The van der Waals surface area contributed by atoms with E-state index in [1.54, 1.807) is 5.06 Å². The summed E-state index contributed by atoms with van der Waals surface area (Å²) in [6, 6.07) is 0.200. The molecule has 4 nitrogen and oxygen atoms in total. The molecule has 74 valence electrons. The predicted molar refractivity (Wildman–Crippen MR) is 51.1 cm³/mol. The van der Waals surface area contributed by atoms with Gasteiger partial charge in [0.25, 0.3) is 8.53 Å². The van der Waals surface area contributed by atoms with Gasteiger partial charge in [-0.25, -0.2) is 4.62 Å². The lowest BCUT2D eigenvalue weighted by molar-refractivity contribution is -0.148. The van der Waals surface area contributed by atoms with Crippen LogP contribution in [0.4, 0.5) is 0 Å². The molecule has 0 aliphatic heterocycles. The standard InChI is InChI=1S/C7H19N2O2P/c1-6(2)9(7(3,4)5)11-12(8)10/h6,10H,8H2,1-5H3. The van der Waals surface area contributed by atoms with Gasteiger partial charge >= 0.3 is 0 Å². The minimum absolute atomic E-state index is 0.142. The van der Waals surface area contributed by atoms with E-state index < -0.39 is 8.53 Å². The molecule has 0 amide bonds. The number of nitrogens with zero attached hydrogens (tertiary/aromatic N) is 1. The van der Waals surface area contributed by atoms with Crippen LogP contribution in [0, 0.1) is 0 Å². The van der Waals surface area contributed by atoms with E-state index in [0.717, 1.165) is 0 Å². The van der Waals surface area contributed by atoms with Crippen LogP contribution in [-0.2, 0) is 4.62 Å². The summed E-state index contributed by atoms with van der Waals surface area (Å²) in [4.78, 5) is 8.91. The molecule has 0 aromatic heterocycles. The zero-order valence-corrected chi connectivity index (χ0v) is 9.30. The largest absolute Gasteiger partial charge is 0.337 e. The van der Waals surface area contributed by atoms with Gasteiger partial charge in [0.05, 0.1) is 0 Å². The number of rotatable bonds is 3. The summed E-state index contributed by atoms with van der Waals surface area (Å²) in [5.74, 6) is 0. The van der Waals surface area contributed by atoms with Gasteiger partial charge in [-0.1, -0.05) is 0 Å². The molecular weight excluding hydrogens is 175 g/mol. The van der Waals surface area contributed by atoms with Crippen LogP contribution >= 0.6 is 8.53 Å². The second-order valence-electron chi connectivity index (χ2n) is 3.97. The van der Waals surface area contributed by atoms with E-state index in [0.29, 0.717) is 0 Å². The van der Waals surface area contributed by atoms with Crippen LogP contribution in [0.15, 0.2) is 0 Å². The maximum absolute atomic E-state index is 8.91. The molecule has 0 heterocycles. The second kappa shape index (κ2) is 4.49. The topological polar surface area (TPSA) is 58.7 Å². The lowest BCUT2D eigenvalue weighted by Crippen LogP contribution is -2.44. The number of hydrogen-bond donors (Lipinski definition) is 2. The Bertz CT molecular complexity index is 134. The summed E-state index contributed by atoms with van der Waals surface area (Å²) in [7, 11) is -1.81. The summed E-state index contributed by atoms with van der Waals surface area (Å²) in [6.45, 7) is 10.00. The summed E-state index contributed by atoms with van der Waals surface area (Å²) in [5, 5.41) is 1.71. The minimum Gasteiger partial charge on any atom is -0.337 e. The normalized spacial score (nSPS) is 15.8. The quantitative estimate of drug-likeness (QED) is 0.529. The lowest BCUT2D eigenvalue weighted by Gasteiger charge is -2.37. The van der Waals surface area contributed by atoms with Crippen LogP contribution in [0.5, 0.6) is 0 Å². The van der Waals surface area contributed by atoms with Crippen molar-refractivity contribution in [3.8, 4) is 0 Å². The Kier molecular flexibility index (Phi) is 4.59. The summed E-state index contributed by atoms with van der Waals surface area (Å²) < 4.78 is 5.11. The summed E-state index contributed by atoms with van der Waals surface area (Å²) in [6.07, 6.45) is 0. The van der Waals surface area contributed by atoms with Crippen LogP contribution in [0.25, 0.3) is 0 Å². The molecule has 0 aromatic rings. The van der Waals surface area contributed by atoms with Gasteiger partial charge in [-0.2, -0.15) is 5.06 Å². The lowest BCUT2D eigenvalue weighted by atomic mass is 10.1.